The summed E-state index contributed by atoms with van der Waals surface area (Å²) in [5.74, 6) is 1.03. The van der Waals surface area contributed by atoms with Crippen LogP contribution in [0.1, 0.15) is 44.1 Å². The molecule has 0 amide bonds. The smallest absolute Gasteiger partial charge is 0.119 e. The van der Waals surface area contributed by atoms with Gasteiger partial charge in [0.25, 0.3) is 0 Å². The molecule has 2 aliphatic heterocycles. The van der Waals surface area contributed by atoms with Crippen LogP contribution in [0.3, 0.4) is 0 Å². The van der Waals surface area contributed by atoms with Gasteiger partial charge in [-0.25, -0.2) is 0 Å². The summed E-state index contributed by atoms with van der Waals surface area (Å²) in [6.45, 7) is 7.25. The molecule has 0 spiro atoms. The zero-order valence-corrected chi connectivity index (χ0v) is 21.8. The van der Waals surface area contributed by atoms with Gasteiger partial charge < -0.3 is 14.4 Å². The van der Waals surface area contributed by atoms with Crippen molar-refractivity contribution < 1.29 is 9.47 Å². The van der Waals surface area contributed by atoms with Gasteiger partial charge in [-0.3, -0.25) is 4.90 Å². The summed E-state index contributed by atoms with van der Waals surface area (Å²) >= 11 is 0. The number of ether oxygens (including phenoxy) is 2. The van der Waals surface area contributed by atoms with Crippen molar-refractivity contribution >= 4 is 15.4 Å². The molecule has 1 saturated carbocycles. The Balaban J connectivity index is 0.000000300. The number of hydrogen-bond donors (Lipinski definition) is 0. The Kier molecular flexibility index (Phi) is 9.21. The fourth-order valence-corrected chi connectivity index (χ4v) is 5.43. The zero-order valence-electron chi connectivity index (χ0n) is 19.8. The van der Waals surface area contributed by atoms with Crippen molar-refractivity contribution in [1.29, 1.82) is 0 Å². The Hall–Kier alpha value is -1.66. The second-order valence-electron chi connectivity index (χ2n) is 9.48. The molecule has 0 aromatic heterocycles. The van der Waals surface area contributed by atoms with E-state index >= 15 is 0 Å². The first-order valence-corrected chi connectivity index (χ1v) is 13.6. The highest BCUT2D eigenvalue weighted by molar-refractivity contribution is 6.32. The minimum atomic E-state index is 0.391. The highest BCUT2D eigenvalue weighted by atomic mass is 28.1. The maximum atomic E-state index is 6.25. The lowest BCUT2D eigenvalue weighted by atomic mass is 10.0. The molecule has 4 nitrogen and oxygen atoms in total. The molecule has 2 aromatic carbocycles. The third kappa shape index (κ3) is 7.44. The summed E-state index contributed by atoms with van der Waals surface area (Å²) in [6, 6.07) is 20.1. The predicted octanol–water partition coefficient (Wildman–Crippen LogP) is 2.98. The molecule has 1 aliphatic carbocycles. The molecule has 3 aliphatic rings. The Morgan fingerprint density at radius 1 is 0.812 bits per heavy atom. The van der Waals surface area contributed by atoms with E-state index in [0.29, 0.717) is 6.10 Å². The lowest BCUT2D eigenvalue weighted by Crippen LogP contribution is -2.43. The van der Waals surface area contributed by atoms with Gasteiger partial charge in [-0.15, -0.1) is 0 Å². The average Bonchev–Trinajstić information content (AvgIpc) is 3.38. The molecule has 2 saturated heterocycles. The molecule has 0 bridgehead atoms. The average molecular weight is 453 g/mol. The van der Waals surface area contributed by atoms with E-state index < -0.39 is 0 Å². The number of likely N-dealkylation sites (tertiary alicyclic amines) is 1. The number of benzene rings is 2. The van der Waals surface area contributed by atoms with Crippen LogP contribution >= 0.6 is 0 Å². The Bertz CT molecular complexity index is 766. The summed E-state index contributed by atoms with van der Waals surface area (Å²) in [6.07, 6.45) is 8.42. The molecule has 3 fully saturated rings. The van der Waals surface area contributed by atoms with E-state index in [4.69, 9.17) is 9.47 Å². The van der Waals surface area contributed by atoms with Crippen molar-refractivity contribution in [3.05, 3.63) is 60.2 Å². The number of nitrogens with zero attached hydrogens (tertiary/aromatic N) is 2. The van der Waals surface area contributed by atoms with E-state index in [1.54, 1.807) is 0 Å². The monoisotopic (exact) mass is 452 g/mol. The van der Waals surface area contributed by atoms with Crippen LogP contribution in [-0.2, 0) is 11.3 Å². The fraction of sp³-hybridized carbons (Fsp3) is 0.556. The molecule has 5 heteroatoms. The van der Waals surface area contributed by atoms with Crippen LogP contribution in [-0.4, -0.2) is 71.6 Å². The van der Waals surface area contributed by atoms with E-state index in [2.05, 4.69) is 58.3 Å². The Labute approximate surface area is 197 Å². The predicted molar refractivity (Wildman–Crippen MR) is 136 cm³/mol. The van der Waals surface area contributed by atoms with Crippen LogP contribution < -0.4 is 9.92 Å². The minimum Gasteiger partial charge on any atom is -0.490 e. The quantitative estimate of drug-likeness (QED) is 0.651. The third-order valence-corrected chi connectivity index (χ3v) is 7.66. The third-order valence-electron chi connectivity index (χ3n) is 6.99. The van der Waals surface area contributed by atoms with E-state index in [-0.39, 0.29) is 0 Å². The van der Waals surface area contributed by atoms with Crippen LogP contribution in [0.4, 0.5) is 0 Å². The second-order valence-corrected chi connectivity index (χ2v) is 10.6. The number of rotatable bonds is 5. The van der Waals surface area contributed by atoms with E-state index in [1.165, 1.54) is 72.6 Å². The first-order chi connectivity index (χ1) is 15.8. The van der Waals surface area contributed by atoms with Crippen LogP contribution in [0.15, 0.2) is 54.6 Å². The molecule has 0 unspecified atom stereocenters. The van der Waals surface area contributed by atoms with Gasteiger partial charge in [0.15, 0.2) is 0 Å². The second kappa shape index (κ2) is 12.5. The van der Waals surface area contributed by atoms with E-state index in [1.807, 2.05) is 6.07 Å². The maximum Gasteiger partial charge on any atom is 0.119 e. The van der Waals surface area contributed by atoms with Crippen molar-refractivity contribution in [1.82, 2.24) is 9.80 Å². The van der Waals surface area contributed by atoms with Gasteiger partial charge in [0, 0.05) is 49.0 Å². The highest BCUT2D eigenvalue weighted by Crippen LogP contribution is 2.27. The van der Waals surface area contributed by atoms with Crippen LogP contribution in [0.5, 0.6) is 5.75 Å². The lowest BCUT2D eigenvalue weighted by Gasteiger charge is -2.36. The summed E-state index contributed by atoms with van der Waals surface area (Å²) in [5, 5.41) is 1.46. The van der Waals surface area contributed by atoms with Crippen molar-refractivity contribution in [2.75, 3.05) is 39.4 Å². The van der Waals surface area contributed by atoms with Gasteiger partial charge in [-0.2, -0.15) is 0 Å². The van der Waals surface area contributed by atoms with Gasteiger partial charge in [-0.1, -0.05) is 60.5 Å². The largest absolute Gasteiger partial charge is 0.490 e. The van der Waals surface area contributed by atoms with Crippen molar-refractivity contribution in [3.63, 3.8) is 0 Å². The molecule has 2 aromatic rings. The normalized spacial score (nSPS) is 21.2. The molecule has 5 rings (SSSR count). The molecular formula is C27H40N2O2Si. The molecule has 0 atom stereocenters. The number of morpholine rings is 1. The van der Waals surface area contributed by atoms with Crippen LogP contribution in [0.25, 0.3) is 0 Å². The fourth-order valence-electron chi connectivity index (χ4n) is 5.05. The van der Waals surface area contributed by atoms with Gasteiger partial charge in [0.2, 0.25) is 0 Å². The lowest BCUT2D eigenvalue weighted by molar-refractivity contribution is 0.0341. The van der Waals surface area contributed by atoms with Crippen molar-refractivity contribution in [2.45, 2.75) is 57.2 Å². The number of piperidine rings is 1. The first-order valence-electron chi connectivity index (χ1n) is 12.6. The SMILES string of the molecule is [SiH3]c1ccccc1.c1cc(OC2CCN(C3CCCC3)CC2)ccc1CN1CCOCC1. The van der Waals surface area contributed by atoms with E-state index in [0.717, 1.165) is 44.6 Å². The highest BCUT2D eigenvalue weighted by Gasteiger charge is 2.27. The number of hydrogen-bond acceptors (Lipinski definition) is 4. The first kappa shape index (κ1) is 23.5. The summed E-state index contributed by atoms with van der Waals surface area (Å²) in [7, 11) is 1.17. The van der Waals surface area contributed by atoms with Gasteiger partial charge >= 0.3 is 0 Å². The van der Waals surface area contributed by atoms with Crippen LogP contribution in [0, 0.1) is 0 Å². The molecule has 2 heterocycles. The van der Waals surface area contributed by atoms with Crippen LogP contribution in [0.2, 0.25) is 0 Å². The summed E-state index contributed by atoms with van der Waals surface area (Å²) in [4.78, 5) is 5.16. The van der Waals surface area contributed by atoms with Crippen molar-refractivity contribution in [3.8, 4) is 5.75 Å². The molecular weight excluding hydrogens is 412 g/mol. The van der Waals surface area contributed by atoms with Crippen molar-refractivity contribution in [2.24, 2.45) is 0 Å². The zero-order chi connectivity index (χ0) is 22.0. The van der Waals surface area contributed by atoms with Gasteiger partial charge in [-0.05, 0) is 43.4 Å². The summed E-state index contributed by atoms with van der Waals surface area (Å²) in [5.41, 5.74) is 1.37. The maximum absolute atomic E-state index is 6.25. The molecule has 0 radical (unpaired) electrons. The summed E-state index contributed by atoms with van der Waals surface area (Å²) < 4.78 is 11.7. The molecule has 0 N–H and O–H groups in total. The van der Waals surface area contributed by atoms with Gasteiger partial charge in [0.05, 0.1) is 13.2 Å². The molecule has 174 valence electrons. The Morgan fingerprint density at radius 3 is 2.06 bits per heavy atom. The standard InChI is InChI=1S/C21H32N2O2.C6H8Si/c1-2-4-19(3-1)23-11-9-21(10-12-23)25-20-7-5-18(6-8-20)17-22-13-15-24-16-14-22;7-6-4-2-1-3-5-6/h5-8,19,21H,1-4,9-17H2;1-5H,7H3. The topological polar surface area (TPSA) is 24.9 Å². The molecule has 32 heavy (non-hydrogen) atoms. The van der Waals surface area contributed by atoms with E-state index in [9.17, 15) is 0 Å². The minimum absolute atomic E-state index is 0.391. The van der Waals surface area contributed by atoms with Gasteiger partial charge in [0.1, 0.15) is 11.9 Å². The Morgan fingerprint density at radius 2 is 1.47 bits per heavy atom.